The monoisotopic (exact) mass is 264 g/mol. The van der Waals surface area contributed by atoms with E-state index in [0.717, 1.165) is 0 Å². The zero-order valence-electron chi connectivity index (χ0n) is 5.90. The molecule has 0 aliphatic rings. The molecule has 0 atom stereocenters. The molecular weight excluding hydrogens is 254 g/mol. The first kappa shape index (κ1) is 10.4. The number of nitrogens with two attached hydrogens (primary N) is 2. The average molecular weight is 265 g/mol. The van der Waals surface area contributed by atoms with Crippen molar-refractivity contribution in [2.45, 2.75) is 0 Å². The summed E-state index contributed by atoms with van der Waals surface area (Å²) in [5.41, 5.74) is 12.1. The molecule has 5 heteroatoms. The summed E-state index contributed by atoms with van der Waals surface area (Å²) in [7, 11) is 0. The summed E-state index contributed by atoms with van der Waals surface area (Å²) in [6, 6.07) is 7.25. The Balaban J connectivity index is 0.000000292. The molecule has 0 bridgehead atoms. The molecule has 0 aliphatic heterocycles. The first-order valence-corrected chi connectivity index (χ1v) is 5.72. The van der Waals surface area contributed by atoms with E-state index in [4.69, 9.17) is 17.9 Å². The number of benzene rings is 1. The van der Waals surface area contributed by atoms with Crippen LogP contribution in [0.1, 0.15) is 0 Å². The van der Waals surface area contributed by atoms with E-state index in [1.54, 1.807) is 12.1 Å². The van der Waals surface area contributed by atoms with E-state index in [0.29, 0.717) is 11.4 Å². The van der Waals surface area contributed by atoms with E-state index in [1.165, 1.54) is 0 Å². The molecule has 1 aromatic carbocycles. The van der Waals surface area contributed by atoms with Crippen LogP contribution in [0.2, 0.25) is 0 Å². The van der Waals surface area contributed by atoms with Crippen molar-refractivity contribution in [3.05, 3.63) is 24.3 Å². The SMILES string of the molecule is Nc1ccccc1N.[O]=[SbH2][OH]. The first-order chi connectivity index (χ1) is 5.22. The summed E-state index contributed by atoms with van der Waals surface area (Å²) >= 11 is -2.14. The molecule has 0 aromatic heterocycles. The molecule has 1 rings (SSSR count). The Morgan fingerprint density at radius 2 is 1.45 bits per heavy atom. The minimum atomic E-state index is -2.14. The molecule has 0 unspecified atom stereocenters. The Morgan fingerprint density at radius 3 is 1.64 bits per heavy atom. The van der Waals surface area contributed by atoms with Crippen LogP contribution < -0.4 is 11.5 Å². The van der Waals surface area contributed by atoms with Gasteiger partial charge in [0.15, 0.2) is 0 Å². The quantitative estimate of drug-likeness (QED) is 0.425. The van der Waals surface area contributed by atoms with Crippen molar-refractivity contribution >= 4 is 33.4 Å². The predicted octanol–water partition coefficient (Wildman–Crippen LogP) is -0.741. The molecule has 0 heterocycles. The number of para-hydroxylation sites is 2. The number of nitrogen functional groups attached to an aromatic ring is 2. The molecule has 0 saturated carbocycles. The fourth-order valence-corrected chi connectivity index (χ4v) is 0.511. The number of anilines is 2. The van der Waals surface area contributed by atoms with Crippen LogP contribution in [0.4, 0.5) is 11.4 Å². The normalized spacial score (nSPS) is 9.18. The van der Waals surface area contributed by atoms with E-state index in [2.05, 4.69) is 0 Å². The van der Waals surface area contributed by atoms with Crippen LogP contribution >= 0.6 is 0 Å². The maximum atomic E-state index is 8.68. The summed E-state index contributed by atoms with van der Waals surface area (Å²) in [5, 5.41) is 0. The Labute approximate surface area is 75.7 Å². The molecule has 0 spiro atoms. The van der Waals surface area contributed by atoms with Crippen molar-refractivity contribution in [2.75, 3.05) is 11.5 Å². The van der Waals surface area contributed by atoms with Gasteiger partial charge in [-0.1, -0.05) is 12.1 Å². The summed E-state index contributed by atoms with van der Waals surface area (Å²) in [6.07, 6.45) is 0. The van der Waals surface area contributed by atoms with E-state index >= 15 is 0 Å². The molecular formula is C6H11N2O2Sb. The Morgan fingerprint density at radius 1 is 1.18 bits per heavy atom. The van der Waals surface area contributed by atoms with E-state index in [9.17, 15) is 0 Å². The third-order valence-corrected chi connectivity index (χ3v) is 0.996. The van der Waals surface area contributed by atoms with Crippen molar-refractivity contribution in [1.29, 1.82) is 0 Å². The van der Waals surface area contributed by atoms with Gasteiger partial charge in [-0.25, -0.2) is 0 Å². The van der Waals surface area contributed by atoms with Crippen molar-refractivity contribution in [3.63, 3.8) is 0 Å². The first-order valence-electron chi connectivity index (χ1n) is 2.90. The van der Waals surface area contributed by atoms with Crippen LogP contribution in [0.25, 0.3) is 0 Å². The van der Waals surface area contributed by atoms with Gasteiger partial charge in [-0.3, -0.25) is 0 Å². The topological polar surface area (TPSA) is 89.3 Å². The van der Waals surface area contributed by atoms with Gasteiger partial charge in [-0.15, -0.1) is 0 Å². The molecule has 0 saturated heterocycles. The van der Waals surface area contributed by atoms with E-state index in [-0.39, 0.29) is 0 Å². The molecule has 1 aromatic rings. The van der Waals surface area contributed by atoms with Crippen LogP contribution in [-0.2, 0) is 3.02 Å². The molecule has 0 aliphatic carbocycles. The van der Waals surface area contributed by atoms with Gasteiger partial charge < -0.3 is 11.5 Å². The number of hydrogen-bond acceptors (Lipinski definition) is 3. The third-order valence-electron chi connectivity index (χ3n) is 0.996. The summed E-state index contributed by atoms with van der Waals surface area (Å²) in [6.45, 7) is 0. The van der Waals surface area contributed by atoms with Gasteiger partial charge in [-0.2, -0.15) is 0 Å². The number of rotatable bonds is 0. The minimum absolute atomic E-state index is 0.646. The van der Waals surface area contributed by atoms with Crippen LogP contribution in [-0.4, -0.2) is 25.4 Å². The number of hydrogen-bond donors (Lipinski definition) is 3. The molecule has 0 radical (unpaired) electrons. The van der Waals surface area contributed by atoms with Gasteiger partial charge in [0.2, 0.25) is 0 Å². The molecule has 0 amide bonds. The Kier molecular flexibility index (Phi) is 5.80. The van der Waals surface area contributed by atoms with Crippen LogP contribution in [0.15, 0.2) is 24.3 Å². The molecule has 0 fully saturated rings. The molecule has 4 nitrogen and oxygen atoms in total. The zero-order chi connectivity index (χ0) is 8.69. The van der Waals surface area contributed by atoms with Crippen molar-refractivity contribution < 1.29 is 6.40 Å². The average Bonchev–Trinajstić information content (AvgIpc) is 1.97. The van der Waals surface area contributed by atoms with E-state index < -0.39 is 22.0 Å². The van der Waals surface area contributed by atoms with Gasteiger partial charge in [0, 0.05) is 0 Å². The van der Waals surface area contributed by atoms with Crippen LogP contribution in [0, 0.1) is 0 Å². The van der Waals surface area contributed by atoms with Crippen LogP contribution in [0.3, 0.4) is 0 Å². The van der Waals surface area contributed by atoms with Crippen molar-refractivity contribution in [1.82, 2.24) is 0 Å². The Bertz CT molecular complexity index is 209. The van der Waals surface area contributed by atoms with Crippen molar-refractivity contribution in [3.8, 4) is 0 Å². The second-order valence-corrected chi connectivity index (χ2v) is 2.34. The maximum absolute atomic E-state index is 8.68. The van der Waals surface area contributed by atoms with E-state index in [1.807, 2.05) is 12.1 Å². The van der Waals surface area contributed by atoms with Gasteiger partial charge in [0.25, 0.3) is 0 Å². The second-order valence-electron chi connectivity index (χ2n) is 1.73. The molecule has 62 valence electrons. The third kappa shape index (κ3) is 4.76. The molecule has 11 heavy (non-hydrogen) atoms. The van der Waals surface area contributed by atoms with Gasteiger partial charge in [-0.05, 0) is 12.1 Å². The summed E-state index contributed by atoms with van der Waals surface area (Å²) in [5.74, 6) is 0. The standard InChI is InChI=1S/C6H8N2.H2O.O.Sb.2H/c7-5-3-1-2-4-6(5)8;;;;;/h1-4H,7-8H2;1H2;;;;/q;;;+1;;/p-1. The van der Waals surface area contributed by atoms with Gasteiger partial charge in [0.1, 0.15) is 0 Å². The fraction of sp³-hybridized carbons (Fsp3) is 0. The summed E-state index contributed by atoms with van der Waals surface area (Å²) < 4.78 is 15.9. The Hall–Kier alpha value is -0.602. The van der Waals surface area contributed by atoms with Gasteiger partial charge >= 0.3 is 28.4 Å². The zero-order valence-corrected chi connectivity index (χ0v) is 9.19. The fourth-order valence-electron chi connectivity index (χ4n) is 0.511. The second kappa shape index (κ2) is 6.13. The van der Waals surface area contributed by atoms with Crippen LogP contribution in [0.5, 0.6) is 0 Å². The van der Waals surface area contributed by atoms with Crippen molar-refractivity contribution in [2.24, 2.45) is 0 Å². The van der Waals surface area contributed by atoms with Gasteiger partial charge in [0.05, 0.1) is 11.4 Å². The predicted molar refractivity (Wildman–Crippen MR) is 46.7 cm³/mol. The summed E-state index contributed by atoms with van der Waals surface area (Å²) in [4.78, 5) is 0. The molecule has 5 N–H and O–H groups in total.